The molecule has 0 bridgehead atoms. The fourth-order valence-electron chi connectivity index (χ4n) is 3.92. The van der Waals surface area contributed by atoms with Crippen LogP contribution in [0.25, 0.3) is 0 Å². The first-order valence-corrected chi connectivity index (χ1v) is 16.9. The molecule has 0 aliphatic heterocycles. The highest BCUT2D eigenvalue weighted by Gasteiger charge is 2.11. The second-order valence-electron chi connectivity index (χ2n) is 10.0. The van der Waals surface area contributed by atoms with E-state index in [1.165, 1.54) is 24.3 Å². The van der Waals surface area contributed by atoms with Crippen LogP contribution >= 0.6 is 0 Å². The highest BCUT2D eigenvalue weighted by atomic mass is 32.2. The standard InChI is InChI=1S/C30H33N7O4S2/c1-19-8-7-9-27(20(19)2)31-30-32-28(36-34-21(3)23-10-14-25(15-11-23)42(5,38)39)18-29(33-30)37-35-22(4)24-12-16-26(17-13-24)43(6,40)41/h7-18H,1-6H3,(H3,31,32,33,36,37). The van der Waals surface area contributed by atoms with Crippen LogP contribution < -0.4 is 16.2 Å². The highest BCUT2D eigenvalue weighted by molar-refractivity contribution is 7.91. The Labute approximate surface area is 252 Å². The lowest BCUT2D eigenvalue weighted by molar-refractivity contribution is 0.600. The van der Waals surface area contributed by atoms with Crippen molar-refractivity contribution in [2.75, 3.05) is 28.7 Å². The van der Waals surface area contributed by atoms with Crippen molar-refractivity contribution in [1.82, 2.24) is 9.97 Å². The van der Waals surface area contributed by atoms with Gasteiger partial charge in [-0.3, -0.25) is 10.9 Å². The molecule has 0 radical (unpaired) electrons. The zero-order chi connectivity index (χ0) is 31.4. The van der Waals surface area contributed by atoms with Gasteiger partial charge >= 0.3 is 0 Å². The second-order valence-corrected chi connectivity index (χ2v) is 14.1. The van der Waals surface area contributed by atoms with E-state index in [9.17, 15) is 16.8 Å². The van der Waals surface area contributed by atoms with E-state index in [2.05, 4.69) is 36.3 Å². The predicted octanol–water partition coefficient (Wildman–Crippen LogP) is 5.32. The maximum atomic E-state index is 11.8. The quantitative estimate of drug-likeness (QED) is 0.158. The van der Waals surface area contributed by atoms with Crippen molar-refractivity contribution >= 4 is 54.4 Å². The zero-order valence-corrected chi connectivity index (χ0v) is 26.3. The van der Waals surface area contributed by atoms with Gasteiger partial charge in [0.1, 0.15) is 0 Å². The highest BCUT2D eigenvalue weighted by Crippen LogP contribution is 2.23. The Morgan fingerprint density at radius 3 is 1.53 bits per heavy atom. The minimum absolute atomic E-state index is 0.230. The number of hydrogen-bond acceptors (Lipinski definition) is 11. The molecule has 4 aromatic rings. The molecule has 0 fully saturated rings. The van der Waals surface area contributed by atoms with E-state index >= 15 is 0 Å². The summed E-state index contributed by atoms with van der Waals surface area (Å²) in [5.41, 5.74) is 11.6. The first-order chi connectivity index (χ1) is 20.2. The summed E-state index contributed by atoms with van der Waals surface area (Å²) in [7, 11) is -6.60. The third-order valence-electron chi connectivity index (χ3n) is 6.65. The van der Waals surface area contributed by atoms with Crippen molar-refractivity contribution in [1.29, 1.82) is 0 Å². The smallest absolute Gasteiger partial charge is 0.231 e. The maximum Gasteiger partial charge on any atom is 0.231 e. The third kappa shape index (κ3) is 8.23. The first-order valence-electron chi connectivity index (χ1n) is 13.1. The van der Waals surface area contributed by atoms with E-state index in [0.717, 1.165) is 40.5 Å². The molecule has 0 amide bonds. The van der Waals surface area contributed by atoms with Crippen LogP contribution in [0.4, 0.5) is 23.3 Å². The van der Waals surface area contributed by atoms with Crippen molar-refractivity contribution in [3.05, 3.63) is 95.1 Å². The van der Waals surface area contributed by atoms with Gasteiger partial charge in [-0.1, -0.05) is 36.4 Å². The van der Waals surface area contributed by atoms with Gasteiger partial charge in [0, 0.05) is 24.3 Å². The van der Waals surface area contributed by atoms with Crippen molar-refractivity contribution in [2.24, 2.45) is 10.2 Å². The molecular weight excluding hydrogens is 587 g/mol. The van der Waals surface area contributed by atoms with Gasteiger partial charge in [-0.2, -0.15) is 20.2 Å². The molecule has 4 rings (SSSR count). The Hall–Kier alpha value is -4.62. The number of aryl methyl sites for hydroxylation is 1. The van der Waals surface area contributed by atoms with Crippen LogP contribution in [0.15, 0.2) is 92.8 Å². The number of hydrazone groups is 2. The molecule has 11 nitrogen and oxygen atoms in total. The van der Waals surface area contributed by atoms with Gasteiger partial charge in [0.05, 0.1) is 21.2 Å². The summed E-state index contributed by atoms with van der Waals surface area (Å²) in [6.07, 6.45) is 2.32. The summed E-state index contributed by atoms with van der Waals surface area (Å²) in [5.74, 6) is 1.06. The Morgan fingerprint density at radius 2 is 1.12 bits per heavy atom. The largest absolute Gasteiger partial charge is 0.324 e. The van der Waals surface area contributed by atoms with Crippen LogP contribution in [0.3, 0.4) is 0 Å². The summed E-state index contributed by atoms with van der Waals surface area (Å²) >= 11 is 0. The Morgan fingerprint density at radius 1 is 0.674 bits per heavy atom. The molecule has 224 valence electrons. The molecule has 0 aliphatic rings. The molecule has 0 unspecified atom stereocenters. The summed E-state index contributed by atoms with van der Waals surface area (Å²) in [6.45, 7) is 7.61. The number of nitrogens with zero attached hydrogens (tertiary/aromatic N) is 4. The molecule has 0 saturated heterocycles. The molecule has 0 spiro atoms. The van der Waals surface area contributed by atoms with Gasteiger partial charge in [-0.05, 0) is 80.3 Å². The molecule has 1 aromatic heterocycles. The lowest BCUT2D eigenvalue weighted by atomic mass is 10.1. The fourth-order valence-corrected chi connectivity index (χ4v) is 5.18. The number of aromatic nitrogens is 2. The van der Waals surface area contributed by atoms with Crippen LogP contribution in [0.5, 0.6) is 0 Å². The van der Waals surface area contributed by atoms with Gasteiger partial charge in [-0.15, -0.1) is 0 Å². The molecule has 0 aliphatic carbocycles. The molecule has 0 saturated carbocycles. The third-order valence-corrected chi connectivity index (χ3v) is 8.91. The Bertz CT molecular complexity index is 1810. The van der Waals surface area contributed by atoms with Crippen molar-refractivity contribution in [3.63, 3.8) is 0 Å². The molecule has 13 heteroatoms. The van der Waals surface area contributed by atoms with Gasteiger partial charge in [0.15, 0.2) is 31.3 Å². The number of hydrogen-bond donors (Lipinski definition) is 3. The predicted molar refractivity (Wildman–Crippen MR) is 172 cm³/mol. The molecule has 3 N–H and O–H groups in total. The normalized spacial score (nSPS) is 12.6. The summed E-state index contributed by atoms with van der Waals surface area (Å²) in [5, 5.41) is 12.1. The number of nitrogens with one attached hydrogen (secondary N) is 3. The number of rotatable bonds is 10. The minimum Gasteiger partial charge on any atom is -0.324 e. The Balaban J connectivity index is 1.62. The fraction of sp³-hybridized carbons (Fsp3) is 0.200. The van der Waals surface area contributed by atoms with Crippen molar-refractivity contribution in [2.45, 2.75) is 37.5 Å². The van der Waals surface area contributed by atoms with Crippen molar-refractivity contribution < 1.29 is 16.8 Å². The lowest BCUT2D eigenvalue weighted by Crippen LogP contribution is -2.07. The van der Waals surface area contributed by atoms with E-state index in [0.29, 0.717) is 29.0 Å². The monoisotopic (exact) mass is 619 g/mol. The summed E-state index contributed by atoms with van der Waals surface area (Å²) in [4.78, 5) is 9.59. The van der Waals surface area contributed by atoms with Crippen LogP contribution in [-0.4, -0.2) is 50.7 Å². The van der Waals surface area contributed by atoms with E-state index < -0.39 is 19.7 Å². The number of benzene rings is 3. The second kappa shape index (κ2) is 12.7. The average molecular weight is 620 g/mol. The molecular formula is C30H33N7O4S2. The number of sulfone groups is 2. The molecule has 43 heavy (non-hydrogen) atoms. The van der Waals surface area contributed by atoms with Crippen molar-refractivity contribution in [3.8, 4) is 0 Å². The van der Waals surface area contributed by atoms with Crippen LogP contribution in [0.2, 0.25) is 0 Å². The lowest BCUT2D eigenvalue weighted by Gasteiger charge is -2.13. The van der Waals surface area contributed by atoms with E-state index in [-0.39, 0.29) is 9.79 Å². The van der Waals surface area contributed by atoms with Gasteiger partial charge in [-0.25, -0.2) is 16.8 Å². The first kappa shape index (κ1) is 31.3. The zero-order valence-electron chi connectivity index (χ0n) is 24.7. The molecule has 1 heterocycles. The summed E-state index contributed by atoms with van der Waals surface area (Å²) < 4.78 is 47.1. The summed E-state index contributed by atoms with van der Waals surface area (Å²) in [6, 6.07) is 20.5. The topological polar surface area (TPSA) is 155 Å². The van der Waals surface area contributed by atoms with Gasteiger partial charge in [0.25, 0.3) is 0 Å². The average Bonchev–Trinajstić information content (AvgIpc) is 2.96. The van der Waals surface area contributed by atoms with E-state index in [1.807, 2.05) is 32.0 Å². The van der Waals surface area contributed by atoms with Gasteiger partial charge < -0.3 is 5.32 Å². The number of anilines is 4. The minimum atomic E-state index is -3.30. The van der Waals surface area contributed by atoms with Gasteiger partial charge in [0.2, 0.25) is 5.95 Å². The van der Waals surface area contributed by atoms with Crippen LogP contribution in [0.1, 0.15) is 36.1 Å². The van der Waals surface area contributed by atoms with Crippen LogP contribution in [-0.2, 0) is 19.7 Å². The van der Waals surface area contributed by atoms with Crippen LogP contribution in [0, 0.1) is 13.8 Å². The molecule has 0 atom stereocenters. The van der Waals surface area contributed by atoms with E-state index in [1.54, 1.807) is 44.2 Å². The maximum absolute atomic E-state index is 11.8. The van der Waals surface area contributed by atoms with E-state index in [4.69, 9.17) is 0 Å². The SMILES string of the molecule is CC(=NNc1cc(NN=C(C)c2ccc(S(C)(=O)=O)cc2)nc(Nc2cccc(C)c2C)n1)c1ccc(S(C)(=O)=O)cc1. The Kier molecular flexibility index (Phi) is 9.26. The molecule has 3 aromatic carbocycles.